The van der Waals surface area contributed by atoms with Crippen LogP contribution in [0.5, 0.6) is 0 Å². The normalized spacial score (nSPS) is 13.4. The summed E-state index contributed by atoms with van der Waals surface area (Å²) in [6.07, 6.45) is 0. The largest absolute Gasteiger partial charge is 0.0610 e. The summed E-state index contributed by atoms with van der Waals surface area (Å²) in [5, 5.41) is 19.3. The second kappa shape index (κ2) is 4.42. The quantitative estimate of drug-likeness (QED) is 0.189. The van der Waals surface area contributed by atoms with E-state index in [1.54, 1.807) is 0 Å². The second-order valence-corrected chi connectivity index (χ2v) is 9.64. The van der Waals surface area contributed by atoms with Crippen LogP contribution in [-0.2, 0) is 0 Å². The van der Waals surface area contributed by atoms with Crippen molar-refractivity contribution >= 4 is 107 Å². The monoisotopic (exact) mass is 480 g/mol. The van der Waals surface area contributed by atoms with Crippen molar-refractivity contribution in [3.8, 4) is 0 Å². The maximum Gasteiger partial charge on any atom is 0.0260 e. The third-order valence-electron chi connectivity index (χ3n) is 6.80. The Hall–Kier alpha value is -2.42. The topological polar surface area (TPSA) is 0 Å². The van der Waals surface area contributed by atoms with Crippen LogP contribution < -0.4 is 0 Å². The van der Waals surface area contributed by atoms with E-state index < -0.39 is 0 Å². The molecular weight excluding hydrogens is 472 g/mol. The Balaban J connectivity index is 1.95. The summed E-state index contributed by atoms with van der Waals surface area (Å²) in [5.74, 6) is 0. The van der Waals surface area contributed by atoms with Gasteiger partial charge in [-0.15, -0.1) is 0 Å². The fraction of sp³-hybridized carbons (Fsp3) is 0. The standard InChI is InChI=1S/C26H10Br2/c27-19-9-17-18-10-20(28)16-6-2-4-12-14-8-7-13-11-3-1-5-15(19)21(11)25(17)23(13)24(14)26(18)22(12)16/h1-10H. The molecule has 0 amide bonds. The molecule has 0 saturated carbocycles. The van der Waals surface area contributed by atoms with Crippen molar-refractivity contribution in [2.24, 2.45) is 0 Å². The zero-order chi connectivity index (χ0) is 18.3. The first-order valence-electron chi connectivity index (χ1n) is 9.43. The van der Waals surface area contributed by atoms with Crippen molar-refractivity contribution in [1.29, 1.82) is 0 Å². The van der Waals surface area contributed by atoms with Gasteiger partial charge >= 0.3 is 0 Å². The zero-order valence-electron chi connectivity index (χ0n) is 14.5. The highest BCUT2D eigenvalue weighted by Crippen LogP contribution is 2.54. The Morgan fingerprint density at radius 3 is 1.18 bits per heavy atom. The van der Waals surface area contributed by atoms with Gasteiger partial charge in [-0.3, -0.25) is 0 Å². The average molecular weight is 482 g/mol. The maximum atomic E-state index is 3.87. The van der Waals surface area contributed by atoms with E-state index in [0.29, 0.717) is 0 Å². The van der Waals surface area contributed by atoms with Gasteiger partial charge in [-0.05, 0) is 87.5 Å². The van der Waals surface area contributed by atoms with Crippen molar-refractivity contribution < 1.29 is 0 Å². The van der Waals surface area contributed by atoms with Crippen molar-refractivity contribution in [3.63, 3.8) is 0 Å². The Labute approximate surface area is 176 Å². The number of hydrogen-bond acceptors (Lipinski definition) is 0. The third-order valence-corrected chi connectivity index (χ3v) is 8.11. The van der Waals surface area contributed by atoms with E-state index in [-0.39, 0.29) is 0 Å². The van der Waals surface area contributed by atoms with Gasteiger partial charge in [0.25, 0.3) is 0 Å². The molecule has 0 aliphatic carbocycles. The van der Waals surface area contributed by atoms with Crippen LogP contribution in [0.4, 0.5) is 0 Å². The molecule has 0 spiro atoms. The summed E-state index contributed by atoms with van der Waals surface area (Å²) in [6, 6.07) is 22.7. The van der Waals surface area contributed by atoms with Gasteiger partial charge < -0.3 is 0 Å². The van der Waals surface area contributed by atoms with Crippen molar-refractivity contribution in [2.75, 3.05) is 0 Å². The summed E-state index contributed by atoms with van der Waals surface area (Å²) >= 11 is 7.74. The number of hydrogen-bond donors (Lipinski definition) is 0. The molecule has 0 N–H and O–H groups in total. The molecule has 0 heterocycles. The highest BCUT2D eigenvalue weighted by Gasteiger charge is 2.25. The first kappa shape index (κ1) is 14.6. The van der Waals surface area contributed by atoms with Crippen LogP contribution in [-0.4, -0.2) is 0 Å². The van der Waals surface area contributed by atoms with Crippen molar-refractivity contribution in [3.05, 3.63) is 69.6 Å². The number of benzene rings is 6. The van der Waals surface area contributed by atoms with E-state index in [9.17, 15) is 0 Å². The minimum Gasteiger partial charge on any atom is -0.0610 e. The molecule has 8 rings (SSSR count). The van der Waals surface area contributed by atoms with Crippen LogP contribution in [0.2, 0.25) is 0 Å². The van der Waals surface area contributed by atoms with Gasteiger partial charge in [-0.1, -0.05) is 80.4 Å². The molecule has 0 aromatic heterocycles. The van der Waals surface area contributed by atoms with Crippen LogP contribution >= 0.6 is 31.9 Å². The van der Waals surface area contributed by atoms with Crippen LogP contribution in [0, 0.1) is 0 Å². The summed E-state index contributed by atoms with van der Waals surface area (Å²) < 4.78 is 2.35. The molecular formula is C26H10Br2. The van der Waals surface area contributed by atoms with E-state index in [1.807, 2.05) is 0 Å². The molecule has 0 saturated heterocycles. The predicted octanol–water partition coefficient (Wildman–Crippen LogP) is 9.04. The van der Waals surface area contributed by atoms with E-state index in [2.05, 4.69) is 92.5 Å². The lowest BCUT2D eigenvalue weighted by Crippen LogP contribution is -1.84. The summed E-state index contributed by atoms with van der Waals surface area (Å²) in [6.45, 7) is 0. The van der Waals surface area contributed by atoms with E-state index in [0.717, 1.165) is 0 Å². The lowest BCUT2D eigenvalue weighted by atomic mass is 9.93. The summed E-state index contributed by atoms with van der Waals surface area (Å²) in [5.41, 5.74) is 0. The number of rotatable bonds is 0. The van der Waals surface area contributed by atoms with E-state index in [4.69, 9.17) is 0 Å². The van der Waals surface area contributed by atoms with Crippen LogP contribution in [0.3, 0.4) is 0 Å². The molecule has 128 valence electrons. The van der Waals surface area contributed by atoms with Gasteiger partial charge in [0.05, 0.1) is 0 Å². The van der Waals surface area contributed by atoms with E-state index >= 15 is 0 Å². The van der Waals surface area contributed by atoms with Crippen molar-refractivity contribution in [1.82, 2.24) is 0 Å². The van der Waals surface area contributed by atoms with Gasteiger partial charge in [0.1, 0.15) is 0 Å². The Bertz CT molecular complexity index is 1740. The molecule has 0 aliphatic rings. The lowest BCUT2D eigenvalue weighted by molar-refractivity contribution is 1.80. The highest BCUT2D eigenvalue weighted by molar-refractivity contribution is 9.11. The molecule has 0 fully saturated rings. The van der Waals surface area contributed by atoms with Gasteiger partial charge in [-0.2, -0.15) is 0 Å². The fourth-order valence-corrected chi connectivity index (χ4v) is 6.95. The molecule has 0 nitrogen and oxygen atoms in total. The predicted molar refractivity (Wildman–Crippen MR) is 129 cm³/mol. The highest BCUT2D eigenvalue weighted by atomic mass is 79.9. The molecule has 2 heteroatoms. The lowest BCUT2D eigenvalue weighted by Gasteiger charge is -2.12. The molecule has 28 heavy (non-hydrogen) atoms. The average Bonchev–Trinajstić information content (AvgIpc) is 3.23. The van der Waals surface area contributed by atoms with Gasteiger partial charge in [0, 0.05) is 8.95 Å². The molecule has 0 radical (unpaired) electrons. The first-order valence-corrected chi connectivity index (χ1v) is 11.0. The fourth-order valence-electron chi connectivity index (χ4n) is 5.83. The van der Waals surface area contributed by atoms with E-state index in [1.165, 1.54) is 84.4 Å². The molecule has 0 atom stereocenters. The Kier molecular flexibility index (Phi) is 2.30. The molecule has 0 unspecified atom stereocenters. The molecule has 0 aliphatic heterocycles. The molecule has 0 bridgehead atoms. The Morgan fingerprint density at radius 2 is 0.714 bits per heavy atom. The zero-order valence-corrected chi connectivity index (χ0v) is 17.7. The van der Waals surface area contributed by atoms with Gasteiger partial charge in [0.15, 0.2) is 0 Å². The minimum absolute atomic E-state index is 1.18. The second-order valence-electron chi connectivity index (χ2n) is 7.93. The van der Waals surface area contributed by atoms with Crippen LogP contribution in [0.15, 0.2) is 69.6 Å². The third kappa shape index (κ3) is 1.34. The van der Waals surface area contributed by atoms with Crippen LogP contribution in [0.25, 0.3) is 75.4 Å². The summed E-state index contributed by atoms with van der Waals surface area (Å²) in [7, 11) is 0. The summed E-state index contributed by atoms with van der Waals surface area (Å²) in [4.78, 5) is 0. The Morgan fingerprint density at radius 1 is 0.357 bits per heavy atom. The molecule has 8 aromatic carbocycles. The van der Waals surface area contributed by atoms with Gasteiger partial charge in [0.2, 0.25) is 0 Å². The number of fused-ring (bicyclic) bond motifs is 3. The van der Waals surface area contributed by atoms with Crippen LogP contribution in [0.1, 0.15) is 0 Å². The van der Waals surface area contributed by atoms with Crippen molar-refractivity contribution in [2.45, 2.75) is 0 Å². The number of halogens is 2. The smallest absolute Gasteiger partial charge is 0.0260 e. The minimum atomic E-state index is 1.18. The maximum absolute atomic E-state index is 3.87. The first-order chi connectivity index (χ1) is 13.7. The van der Waals surface area contributed by atoms with Gasteiger partial charge in [-0.25, -0.2) is 0 Å². The SMILES string of the molecule is Brc1cc2c3cc(Br)c4cccc5c6ccc7c8cccc1c8c2c7c6c3c45. The molecule has 8 aromatic rings.